The van der Waals surface area contributed by atoms with Crippen molar-refractivity contribution in [1.82, 2.24) is 19.6 Å². The van der Waals surface area contributed by atoms with Gasteiger partial charge in [-0.3, -0.25) is 0 Å². The molecule has 1 fully saturated rings. The maximum atomic E-state index is 11.3. The van der Waals surface area contributed by atoms with Crippen LogP contribution in [0.15, 0.2) is 17.2 Å². The van der Waals surface area contributed by atoms with Gasteiger partial charge in [-0.1, -0.05) is 0 Å². The van der Waals surface area contributed by atoms with E-state index in [1.807, 2.05) is 0 Å². The summed E-state index contributed by atoms with van der Waals surface area (Å²) in [7, 11) is 0. The van der Waals surface area contributed by atoms with Crippen molar-refractivity contribution in [3.63, 3.8) is 0 Å². The number of aliphatic hydroxyl groups is 1. The van der Waals surface area contributed by atoms with E-state index in [9.17, 15) is 4.79 Å². The van der Waals surface area contributed by atoms with Crippen molar-refractivity contribution in [2.75, 3.05) is 24.6 Å². The molecule has 7 heteroatoms. The SMILES string of the molecule is O=c1[nH]nc2cc(N3CCC(CCO)C3)ncn12. The molecule has 1 aliphatic rings. The summed E-state index contributed by atoms with van der Waals surface area (Å²) >= 11 is 0. The minimum Gasteiger partial charge on any atom is -0.396 e. The second-order valence-electron chi connectivity index (χ2n) is 4.62. The Kier molecular flexibility index (Phi) is 2.75. The van der Waals surface area contributed by atoms with Gasteiger partial charge in [0.05, 0.1) is 0 Å². The van der Waals surface area contributed by atoms with Crippen LogP contribution >= 0.6 is 0 Å². The van der Waals surface area contributed by atoms with Gasteiger partial charge in [0.2, 0.25) is 0 Å². The molecule has 0 bridgehead atoms. The fourth-order valence-electron chi connectivity index (χ4n) is 2.43. The van der Waals surface area contributed by atoms with E-state index < -0.39 is 0 Å². The summed E-state index contributed by atoms with van der Waals surface area (Å²) < 4.78 is 1.38. The fourth-order valence-corrected chi connectivity index (χ4v) is 2.43. The van der Waals surface area contributed by atoms with Crippen molar-refractivity contribution in [2.24, 2.45) is 5.92 Å². The van der Waals surface area contributed by atoms with Gasteiger partial charge in [-0.05, 0) is 18.8 Å². The number of aromatic nitrogens is 4. The average molecular weight is 249 g/mol. The molecule has 96 valence electrons. The highest BCUT2D eigenvalue weighted by Gasteiger charge is 2.23. The highest BCUT2D eigenvalue weighted by atomic mass is 16.3. The number of nitrogens with zero attached hydrogens (tertiary/aromatic N) is 4. The van der Waals surface area contributed by atoms with Crippen LogP contribution in [-0.2, 0) is 0 Å². The summed E-state index contributed by atoms with van der Waals surface area (Å²) in [6, 6.07) is 1.80. The van der Waals surface area contributed by atoms with Crippen LogP contribution in [0.1, 0.15) is 12.8 Å². The number of aromatic amines is 1. The van der Waals surface area contributed by atoms with Crippen LogP contribution in [0.25, 0.3) is 5.65 Å². The molecule has 1 unspecified atom stereocenters. The first kappa shape index (κ1) is 11.2. The Morgan fingerprint density at radius 1 is 1.56 bits per heavy atom. The third-order valence-electron chi connectivity index (χ3n) is 3.44. The standard InChI is InChI=1S/C11H15N5O2/c17-4-2-8-1-3-15(6-8)9-5-10-13-14-11(18)16(10)7-12-9/h5,7-8,17H,1-4,6H2,(H,14,18). The van der Waals surface area contributed by atoms with Gasteiger partial charge in [0.25, 0.3) is 0 Å². The number of hydrogen-bond donors (Lipinski definition) is 2. The molecule has 0 amide bonds. The molecule has 3 heterocycles. The summed E-state index contributed by atoms with van der Waals surface area (Å²) in [4.78, 5) is 17.8. The zero-order valence-electron chi connectivity index (χ0n) is 9.91. The van der Waals surface area contributed by atoms with Gasteiger partial charge in [-0.25, -0.2) is 19.3 Å². The first-order valence-corrected chi connectivity index (χ1v) is 6.06. The first-order chi connectivity index (χ1) is 8.78. The summed E-state index contributed by atoms with van der Waals surface area (Å²) in [6.07, 6.45) is 3.40. The van der Waals surface area contributed by atoms with Gasteiger partial charge < -0.3 is 10.0 Å². The molecule has 0 aliphatic carbocycles. The van der Waals surface area contributed by atoms with Crippen molar-refractivity contribution in [3.8, 4) is 0 Å². The Morgan fingerprint density at radius 2 is 2.44 bits per heavy atom. The van der Waals surface area contributed by atoms with Crippen LogP contribution < -0.4 is 10.6 Å². The summed E-state index contributed by atoms with van der Waals surface area (Å²) in [5.41, 5.74) is 0.305. The quantitative estimate of drug-likeness (QED) is 0.774. The minimum absolute atomic E-state index is 0.236. The van der Waals surface area contributed by atoms with Crippen LogP contribution in [0.2, 0.25) is 0 Å². The van der Waals surface area contributed by atoms with E-state index in [4.69, 9.17) is 5.11 Å². The summed E-state index contributed by atoms with van der Waals surface area (Å²) in [6.45, 7) is 2.07. The number of hydrogen-bond acceptors (Lipinski definition) is 5. The lowest BCUT2D eigenvalue weighted by molar-refractivity contribution is 0.263. The van der Waals surface area contributed by atoms with Gasteiger partial charge >= 0.3 is 5.69 Å². The van der Waals surface area contributed by atoms with E-state index in [-0.39, 0.29) is 12.3 Å². The Morgan fingerprint density at radius 3 is 3.28 bits per heavy atom. The smallest absolute Gasteiger partial charge is 0.348 e. The van der Waals surface area contributed by atoms with Crippen molar-refractivity contribution in [1.29, 1.82) is 0 Å². The second-order valence-corrected chi connectivity index (χ2v) is 4.62. The molecule has 2 N–H and O–H groups in total. The molecular weight excluding hydrogens is 234 g/mol. The van der Waals surface area contributed by atoms with Crippen LogP contribution in [0.4, 0.5) is 5.82 Å². The Balaban J connectivity index is 1.84. The summed E-state index contributed by atoms with van der Waals surface area (Å²) in [5.74, 6) is 1.36. The molecule has 0 aromatic carbocycles. The van der Waals surface area contributed by atoms with Crippen molar-refractivity contribution in [2.45, 2.75) is 12.8 Å². The van der Waals surface area contributed by atoms with E-state index in [0.717, 1.165) is 31.7 Å². The van der Waals surface area contributed by atoms with Crippen LogP contribution in [0.5, 0.6) is 0 Å². The fraction of sp³-hybridized carbons (Fsp3) is 0.545. The monoisotopic (exact) mass is 249 g/mol. The number of H-pyrrole nitrogens is 1. The van der Waals surface area contributed by atoms with Gasteiger partial charge in [0, 0.05) is 25.8 Å². The molecule has 0 spiro atoms. The molecule has 3 rings (SSSR count). The third kappa shape index (κ3) is 1.86. The predicted molar refractivity (Wildman–Crippen MR) is 65.6 cm³/mol. The maximum Gasteiger partial charge on any atom is 0.348 e. The predicted octanol–water partition coefficient (Wildman–Crippen LogP) is -0.374. The van der Waals surface area contributed by atoms with Crippen molar-refractivity contribution >= 4 is 11.5 Å². The molecule has 0 saturated carbocycles. The zero-order valence-corrected chi connectivity index (χ0v) is 9.91. The molecule has 1 aliphatic heterocycles. The van der Waals surface area contributed by atoms with E-state index >= 15 is 0 Å². The van der Waals surface area contributed by atoms with E-state index in [1.165, 1.54) is 10.7 Å². The lowest BCUT2D eigenvalue weighted by Gasteiger charge is -2.16. The van der Waals surface area contributed by atoms with Crippen LogP contribution in [0.3, 0.4) is 0 Å². The molecule has 1 saturated heterocycles. The highest BCUT2D eigenvalue weighted by molar-refractivity contribution is 5.50. The number of aliphatic hydroxyl groups excluding tert-OH is 1. The Bertz CT molecular complexity index is 605. The maximum absolute atomic E-state index is 11.3. The lowest BCUT2D eigenvalue weighted by atomic mass is 10.1. The van der Waals surface area contributed by atoms with E-state index in [0.29, 0.717) is 11.6 Å². The molecule has 2 aromatic rings. The molecule has 2 aromatic heterocycles. The zero-order chi connectivity index (χ0) is 12.5. The molecule has 7 nitrogen and oxygen atoms in total. The molecule has 0 radical (unpaired) electrons. The third-order valence-corrected chi connectivity index (χ3v) is 3.44. The van der Waals surface area contributed by atoms with E-state index in [2.05, 4.69) is 20.1 Å². The summed E-state index contributed by atoms with van der Waals surface area (Å²) in [5, 5.41) is 15.3. The average Bonchev–Trinajstić information content (AvgIpc) is 2.97. The number of anilines is 1. The number of nitrogens with one attached hydrogen (secondary N) is 1. The van der Waals surface area contributed by atoms with Gasteiger partial charge in [-0.15, -0.1) is 0 Å². The second kappa shape index (κ2) is 4.41. The number of fused-ring (bicyclic) bond motifs is 1. The van der Waals surface area contributed by atoms with E-state index in [1.54, 1.807) is 6.07 Å². The normalized spacial score (nSPS) is 19.8. The minimum atomic E-state index is -0.274. The van der Waals surface area contributed by atoms with Gasteiger partial charge in [-0.2, -0.15) is 5.10 Å². The molecular formula is C11H15N5O2. The van der Waals surface area contributed by atoms with Gasteiger partial charge in [0.1, 0.15) is 12.1 Å². The van der Waals surface area contributed by atoms with Crippen LogP contribution in [0, 0.1) is 5.92 Å². The highest BCUT2D eigenvalue weighted by Crippen LogP contribution is 2.24. The Labute approximate surface area is 103 Å². The van der Waals surface area contributed by atoms with Crippen LogP contribution in [-0.4, -0.2) is 44.4 Å². The largest absolute Gasteiger partial charge is 0.396 e. The first-order valence-electron chi connectivity index (χ1n) is 6.06. The van der Waals surface area contributed by atoms with Gasteiger partial charge in [0.15, 0.2) is 5.65 Å². The number of rotatable bonds is 3. The molecule has 1 atom stereocenters. The van der Waals surface area contributed by atoms with Crippen molar-refractivity contribution < 1.29 is 5.11 Å². The molecule has 18 heavy (non-hydrogen) atoms. The Hall–Kier alpha value is -1.89. The topological polar surface area (TPSA) is 86.5 Å². The lowest BCUT2D eigenvalue weighted by Crippen LogP contribution is -2.21. The van der Waals surface area contributed by atoms with Crippen molar-refractivity contribution in [3.05, 3.63) is 22.9 Å².